The number of ether oxygens (including phenoxy) is 2. The first-order valence-corrected chi connectivity index (χ1v) is 6.50. The lowest BCUT2D eigenvalue weighted by molar-refractivity contribution is -0.153. The van der Waals surface area contributed by atoms with Crippen LogP contribution in [0.15, 0.2) is 24.4 Å². The molecule has 1 aromatic rings. The summed E-state index contributed by atoms with van der Waals surface area (Å²) in [5.74, 6) is -0.436. The molecule has 20 heavy (non-hydrogen) atoms. The summed E-state index contributed by atoms with van der Waals surface area (Å²) >= 11 is 0. The maximum atomic E-state index is 11.3. The number of hydrogen-bond acceptors (Lipinski definition) is 6. The van der Waals surface area contributed by atoms with E-state index in [9.17, 15) is 9.59 Å². The van der Waals surface area contributed by atoms with E-state index >= 15 is 0 Å². The first kappa shape index (κ1) is 15.7. The first-order chi connectivity index (χ1) is 9.60. The van der Waals surface area contributed by atoms with E-state index in [1.54, 1.807) is 30.8 Å². The lowest BCUT2D eigenvalue weighted by Crippen LogP contribution is -2.12. The largest absolute Gasteiger partial charge is 0.391 e. The highest BCUT2D eigenvalue weighted by Gasteiger charge is 2.11. The molecule has 0 bridgehead atoms. The Morgan fingerprint density at radius 3 is 2.35 bits per heavy atom. The highest BCUT2D eigenvalue weighted by atomic mass is 16.7. The Hall–Kier alpha value is -2.31. The van der Waals surface area contributed by atoms with E-state index in [4.69, 9.17) is 9.47 Å². The number of carbonyl (C=O) groups is 2. The fourth-order valence-corrected chi connectivity index (χ4v) is 1.29. The van der Waals surface area contributed by atoms with Crippen molar-refractivity contribution in [1.29, 1.82) is 0 Å². The maximum Gasteiger partial charge on any atom is 0.313 e. The monoisotopic (exact) mass is 281 g/mol. The fourth-order valence-electron chi connectivity index (χ4n) is 1.29. The smallest absolute Gasteiger partial charge is 0.313 e. The Kier molecular flexibility index (Phi) is 6.28. The van der Waals surface area contributed by atoms with Crippen molar-refractivity contribution in [3.63, 3.8) is 0 Å². The molecule has 0 saturated heterocycles. The van der Waals surface area contributed by atoms with Crippen LogP contribution in [0.5, 0.6) is 0 Å². The summed E-state index contributed by atoms with van der Waals surface area (Å²) in [5, 5.41) is 6.96. The molecule has 1 heterocycles. The third kappa shape index (κ3) is 4.75. The lowest BCUT2D eigenvalue weighted by atomic mass is 10.5. The first-order valence-electron chi connectivity index (χ1n) is 6.50. The van der Waals surface area contributed by atoms with Crippen LogP contribution in [0.3, 0.4) is 0 Å². The van der Waals surface area contributed by atoms with Gasteiger partial charge in [-0.25, -0.2) is 4.68 Å². The summed E-state index contributed by atoms with van der Waals surface area (Å²) in [5.41, 5.74) is 0. The van der Waals surface area contributed by atoms with Gasteiger partial charge in [-0.3, -0.25) is 9.59 Å². The second-order valence-corrected chi connectivity index (χ2v) is 3.80. The highest BCUT2D eigenvalue weighted by molar-refractivity contribution is 5.72. The van der Waals surface area contributed by atoms with Crippen molar-refractivity contribution >= 4 is 17.8 Å². The second kappa shape index (κ2) is 7.98. The topological polar surface area (TPSA) is 82.4 Å². The van der Waals surface area contributed by atoms with E-state index in [1.165, 1.54) is 6.20 Å². The van der Waals surface area contributed by atoms with Crippen LogP contribution in [0.2, 0.25) is 0 Å². The lowest BCUT2D eigenvalue weighted by Gasteiger charge is -2.09. The van der Waals surface area contributed by atoms with Crippen molar-refractivity contribution in [2.24, 2.45) is 0 Å². The van der Waals surface area contributed by atoms with Crippen LogP contribution in [-0.2, 0) is 25.6 Å². The fraction of sp³-hybridized carbons (Fsp3) is 0.462. The minimum Gasteiger partial charge on any atom is -0.391 e. The molecule has 0 aliphatic rings. The molecule has 0 fully saturated rings. The molecule has 0 saturated carbocycles. The zero-order chi connectivity index (χ0) is 15.0. The van der Waals surface area contributed by atoms with E-state index in [2.05, 4.69) is 10.4 Å². The highest BCUT2D eigenvalue weighted by Crippen LogP contribution is 2.09. The van der Waals surface area contributed by atoms with Crippen LogP contribution >= 0.6 is 0 Å². The molecule has 0 amide bonds. The van der Waals surface area contributed by atoms with Crippen LogP contribution in [0.4, 0.5) is 5.82 Å². The minimum absolute atomic E-state index is 0.174. The van der Waals surface area contributed by atoms with Gasteiger partial charge in [0.1, 0.15) is 5.82 Å². The quantitative estimate of drug-likeness (QED) is 0.608. The van der Waals surface area contributed by atoms with Crippen molar-refractivity contribution in [3.8, 4) is 0 Å². The minimum atomic E-state index is -0.481. The van der Waals surface area contributed by atoms with E-state index in [1.807, 2.05) is 6.92 Å². The van der Waals surface area contributed by atoms with Crippen LogP contribution in [0.1, 0.15) is 33.6 Å². The van der Waals surface area contributed by atoms with Crippen molar-refractivity contribution in [2.45, 2.75) is 40.2 Å². The van der Waals surface area contributed by atoms with Gasteiger partial charge in [-0.05, 0) is 6.92 Å². The molecule has 0 spiro atoms. The summed E-state index contributed by atoms with van der Waals surface area (Å²) in [4.78, 5) is 22.6. The van der Waals surface area contributed by atoms with Gasteiger partial charge < -0.3 is 14.8 Å². The van der Waals surface area contributed by atoms with Gasteiger partial charge in [0.05, 0.1) is 12.4 Å². The van der Waals surface area contributed by atoms with Crippen LogP contribution < -0.4 is 5.32 Å². The summed E-state index contributed by atoms with van der Waals surface area (Å²) in [7, 11) is 0. The molecule has 1 rings (SSSR count). The van der Waals surface area contributed by atoms with Gasteiger partial charge in [0.25, 0.3) is 0 Å². The Morgan fingerprint density at radius 2 is 1.85 bits per heavy atom. The molecular formula is C13H19N3O4. The molecular weight excluding hydrogens is 262 g/mol. The molecule has 0 aliphatic heterocycles. The number of nitrogens with zero attached hydrogens (tertiary/aromatic N) is 2. The van der Waals surface area contributed by atoms with E-state index in [0.29, 0.717) is 12.4 Å². The van der Waals surface area contributed by atoms with Gasteiger partial charge in [-0.2, -0.15) is 5.10 Å². The van der Waals surface area contributed by atoms with Crippen LogP contribution in [0, 0.1) is 0 Å². The van der Waals surface area contributed by atoms with E-state index in [0.717, 1.165) is 0 Å². The van der Waals surface area contributed by atoms with Crippen molar-refractivity contribution in [1.82, 2.24) is 9.78 Å². The van der Waals surface area contributed by atoms with Crippen LogP contribution in [-0.4, -0.2) is 21.7 Å². The molecule has 0 unspecified atom stereocenters. The van der Waals surface area contributed by atoms with Crippen molar-refractivity contribution in [2.75, 3.05) is 5.32 Å². The molecule has 1 aromatic heterocycles. The molecule has 110 valence electrons. The molecule has 1 N–H and O–H groups in total. The number of hydrogen-bond donors (Lipinski definition) is 1. The summed E-state index contributed by atoms with van der Waals surface area (Å²) in [6.45, 7) is 5.93. The Bertz CT molecular complexity index is 474. The summed E-state index contributed by atoms with van der Waals surface area (Å²) in [6.07, 6.45) is 3.33. The van der Waals surface area contributed by atoms with Crippen molar-refractivity contribution in [3.05, 3.63) is 24.4 Å². The van der Waals surface area contributed by atoms with Gasteiger partial charge in [-0.1, -0.05) is 13.8 Å². The number of nitrogens with one attached hydrogen (secondary N) is 1. The molecule has 7 heteroatoms. The normalized spacial score (nSPS) is 9.75. The average molecular weight is 281 g/mol. The molecule has 0 atom stereocenters. The third-order valence-corrected chi connectivity index (χ3v) is 2.36. The second-order valence-electron chi connectivity index (χ2n) is 3.80. The maximum absolute atomic E-state index is 11.3. The predicted octanol–water partition coefficient (Wildman–Crippen LogP) is 2.02. The van der Waals surface area contributed by atoms with E-state index in [-0.39, 0.29) is 18.8 Å². The van der Waals surface area contributed by atoms with Gasteiger partial charge >= 0.3 is 17.9 Å². The number of aryl methyl sites for hydroxylation is 1. The Morgan fingerprint density at radius 1 is 1.25 bits per heavy atom. The summed E-state index contributed by atoms with van der Waals surface area (Å²) in [6, 6.07) is 1.75. The van der Waals surface area contributed by atoms with Crippen LogP contribution in [0.25, 0.3) is 0 Å². The number of carbonyl (C=O) groups excluding carboxylic acids is 2. The average Bonchev–Trinajstić information content (AvgIpc) is 2.91. The van der Waals surface area contributed by atoms with Crippen molar-refractivity contribution < 1.29 is 19.1 Å². The zero-order valence-electron chi connectivity index (χ0n) is 11.9. The van der Waals surface area contributed by atoms with Gasteiger partial charge in [0, 0.05) is 25.5 Å². The summed E-state index contributed by atoms with van der Waals surface area (Å²) < 4.78 is 11.6. The number of anilines is 1. The number of rotatable bonds is 7. The molecule has 0 radical (unpaired) electrons. The number of aromatic nitrogens is 2. The Balaban J connectivity index is 2.77. The zero-order valence-corrected chi connectivity index (χ0v) is 11.9. The SMILES string of the molecule is CCC(=O)OC(=CNc1ccnn1CC)OC(=O)CC. The standard InChI is InChI=1S/C13H19N3O4/c1-4-11(17)19-13(20-12(18)5-2)9-14-10-7-8-15-16(10)6-3/h7-9,14H,4-6H2,1-3H3. The Labute approximate surface area is 117 Å². The van der Waals surface area contributed by atoms with Gasteiger partial charge in [-0.15, -0.1) is 0 Å². The third-order valence-electron chi connectivity index (χ3n) is 2.36. The van der Waals surface area contributed by atoms with Gasteiger partial charge in [0.2, 0.25) is 0 Å². The molecule has 7 nitrogen and oxygen atoms in total. The van der Waals surface area contributed by atoms with E-state index < -0.39 is 11.9 Å². The molecule has 0 aromatic carbocycles. The molecule has 0 aliphatic carbocycles. The number of esters is 2. The van der Waals surface area contributed by atoms with Gasteiger partial charge in [0.15, 0.2) is 0 Å². The predicted molar refractivity (Wildman–Crippen MR) is 72.4 cm³/mol.